The van der Waals surface area contributed by atoms with E-state index in [1.807, 2.05) is 61.5 Å². The first-order valence-electron chi connectivity index (χ1n) is 9.09. The molecule has 0 aromatic heterocycles. The van der Waals surface area contributed by atoms with E-state index in [-0.39, 0.29) is 0 Å². The topological polar surface area (TPSA) is 96.7 Å². The number of aliphatic hydroxyl groups is 1. The zero-order valence-electron chi connectivity index (χ0n) is 15.3. The van der Waals surface area contributed by atoms with Crippen molar-refractivity contribution in [2.75, 3.05) is 6.61 Å². The van der Waals surface area contributed by atoms with Gasteiger partial charge in [-0.05, 0) is 24.6 Å². The molecular formula is C20H21N3O4S. The van der Waals surface area contributed by atoms with Crippen LogP contribution in [0.1, 0.15) is 17.4 Å². The van der Waals surface area contributed by atoms with E-state index in [0.29, 0.717) is 6.61 Å². The van der Waals surface area contributed by atoms with Crippen molar-refractivity contribution in [2.24, 2.45) is 5.11 Å². The third-order valence-corrected chi connectivity index (χ3v) is 6.03. The number of hydrogen-bond donors (Lipinski definition) is 1. The lowest BCUT2D eigenvalue weighted by Crippen LogP contribution is -2.60. The van der Waals surface area contributed by atoms with Crippen LogP contribution < -0.4 is 0 Å². The minimum Gasteiger partial charge on any atom is -0.389 e. The largest absolute Gasteiger partial charge is 0.389 e. The standard InChI is InChI=1S/C20H21N3O4S/c1-12-7-9-14(10-8-12)28-20-17(24)16(22-23-21)18-15(26-20)11-25-19(27-18)13-5-3-2-4-6-13/h2-10,15-20,24H,11H2,1H3/t15?,16-,17?,18+,19?,20+/m1/s1. The number of azide groups is 1. The highest BCUT2D eigenvalue weighted by Crippen LogP contribution is 2.39. The van der Waals surface area contributed by atoms with Crippen LogP contribution in [0.2, 0.25) is 0 Å². The molecule has 4 rings (SSSR count). The molecule has 7 nitrogen and oxygen atoms in total. The summed E-state index contributed by atoms with van der Waals surface area (Å²) in [6, 6.07) is 16.7. The van der Waals surface area contributed by atoms with Gasteiger partial charge in [0.05, 0.1) is 12.6 Å². The molecule has 8 heteroatoms. The first-order valence-corrected chi connectivity index (χ1v) is 9.97. The lowest BCUT2D eigenvalue weighted by molar-refractivity contribution is -0.297. The average Bonchev–Trinajstić information content (AvgIpc) is 2.73. The molecule has 2 aromatic carbocycles. The summed E-state index contributed by atoms with van der Waals surface area (Å²) in [5.41, 5.74) is 10.5. The Morgan fingerprint density at radius 2 is 1.86 bits per heavy atom. The van der Waals surface area contributed by atoms with E-state index in [1.165, 1.54) is 11.8 Å². The fourth-order valence-corrected chi connectivity index (χ4v) is 4.46. The summed E-state index contributed by atoms with van der Waals surface area (Å²) in [4.78, 5) is 3.90. The van der Waals surface area contributed by atoms with Crippen molar-refractivity contribution in [3.8, 4) is 0 Å². The highest BCUT2D eigenvalue weighted by atomic mass is 32.2. The smallest absolute Gasteiger partial charge is 0.184 e. The molecule has 0 saturated carbocycles. The SMILES string of the molecule is Cc1ccc(S[C@@H]2OC3COC(c4ccccc4)O[C@@H]3[C@H](N=[N+]=[N-])C2O)cc1. The van der Waals surface area contributed by atoms with Gasteiger partial charge < -0.3 is 19.3 Å². The molecule has 146 valence electrons. The fraction of sp³-hybridized carbons (Fsp3) is 0.400. The number of fused-ring (bicyclic) bond motifs is 1. The quantitative estimate of drug-likeness (QED) is 0.477. The molecule has 2 aliphatic heterocycles. The Morgan fingerprint density at radius 1 is 1.11 bits per heavy atom. The molecule has 28 heavy (non-hydrogen) atoms. The van der Waals surface area contributed by atoms with Crippen molar-refractivity contribution < 1.29 is 19.3 Å². The van der Waals surface area contributed by atoms with Gasteiger partial charge >= 0.3 is 0 Å². The second-order valence-electron chi connectivity index (χ2n) is 6.84. The summed E-state index contributed by atoms with van der Waals surface area (Å²) in [7, 11) is 0. The molecule has 0 amide bonds. The minimum atomic E-state index is -1.00. The van der Waals surface area contributed by atoms with Gasteiger partial charge in [0.15, 0.2) is 6.29 Å². The van der Waals surface area contributed by atoms with Crippen LogP contribution in [0.3, 0.4) is 0 Å². The number of aryl methyl sites for hydroxylation is 1. The Morgan fingerprint density at radius 3 is 2.57 bits per heavy atom. The fourth-order valence-electron chi connectivity index (χ4n) is 3.40. The van der Waals surface area contributed by atoms with E-state index in [9.17, 15) is 5.11 Å². The van der Waals surface area contributed by atoms with Gasteiger partial charge in [-0.15, -0.1) is 0 Å². The zero-order chi connectivity index (χ0) is 19.5. The highest BCUT2D eigenvalue weighted by Gasteiger charge is 2.49. The van der Waals surface area contributed by atoms with E-state index in [2.05, 4.69) is 10.0 Å². The van der Waals surface area contributed by atoms with Crippen molar-refractivity contribution in [2.45, 2.75) is 47.9 Å². The monoisotopic (exact) mass is 399 g/mol. The highest BCUT2D eigenvalue weighted by molar-refractivity contribution is 7.99. The maximum atomic E-state index is 10.8. The summed E-state index contributed by atoms with van der Waals surface area (Å²) in [6.45, 7) is 2.31. The molecule has 6 atom stereocenters. The van der Waals surface area contributed by atoms with Gasteiger partial charge in [-0.1, -0.05) is 64.9 Å². The van der Waals surface area contributed by atoms with Crippen LogP contribution in [0.4, 0.5) is 0 Å². The first kappa shape index (κ1) is 19.3. The number of hydrogen-bond acceptors (Lipinski definition) is 6. The van der Waals surface area contributed by atoms with E-state index in [4.69, 9.17) is 19.7 Å². The molecule has 2 aliphatic rings. The Balaban J connectivity index is 1.53. The summed E-state index contributed by atoms with van der Waals surface area (Å²) in [6.07, 6.45) is -2.60. The van der Waals surface area contributed by atoms with Crippen molar-refractivity contribution in [1.29, 1.82) is 0 Å². The Kier molecular flexibility index (Phi) is 5.87. The van der Waals surface area contributed by atoms with Gasteiger partial charge in [-0.25, -0.2) is 0 Å². The van der Waals surface area contributed by atoms with Gasteiger partial charge in [-0.2, -0.15) is 0 Å². The summed E-state index contributed by atoms with van der Waals surface area (Å²) < 4.78 is 18.0. The molecule has 2 heterocycles. The summed E-state index contributed by atoms with van der Waals surface area (Å²) in [5.74, 6) is 0. The number of benzene rings is 2. The van der Waals surface area contributed by atoms with Crippen molar-refractivity contribution in [3.05, 3.63) is 76.2 Å². The van der Waals surface area contributed by atoms with Crippen LogP contribution in [0.25, 0.3) is 10.4 Å². The Hall–Kier alpha value is -2.06. The predicted molar refractivity (Wildman–Crippen MR) is 105 cm³/mol. The Bertz CT molecular complexity index is 844. The number of aliphatic hydroxyl groups excluding tert-OH is 1. The maximum Gasteiger partial charge on any atom is 0.184 e. The number of ether oxygens (including phenoxy) is 3. The maximum absolute atomic E-state index is 10.8. The third-order valence-electron chi connectivity index (χ3n) is 4.86. The first-order chi connectivity index (χ1) is 13.7. The van der Waals surface area contributed by atoms with Crippen LogP contribution in [0.5, 0.6) is 0 Å². The molecule has 0 aliphatic carbocycles. The molecule has 2 fully saturated rings. The predicted octanol–water partition coefficient (Wildman–Crippen LogP) is 3.97. The number of thioether (sulfide) groups is 1. The van der Waals surface area contributed by atoms with E-state index < -0.39 is 36.1 Å². The van der Waals surface area contributed by atoms with Crippen LogP contribution in [0.15, 0.2) is 64.6 Å². The zero-order valence-corrected chi connectivity index (χ0v) is 16.1. The van der Waals surface area contributed by atoms with Crippen LogP contribution in [-0.4, -0.2) is 41.5 Å². The van der Waals surface area contributed by atoms with E-state index >= 15 is 0 Å². The molecule has 0 spiro atoms. The lowest BCUT2D eigenvalue weighted by Gasteiger charge is -2.46. The van der Waals surface area contributed by atoms with Gasteiger partial charge in [0.2, 0.25) is 0 Å². The number of rotatable bonds is 4. The van der Waals surface area contributed by atoms with Gasteiger partial charge in [0.1, 0.15) is 23.7 Å². The van der Waals surface area contributed by atoms with Crippen LogP contribution >= 0.6 is 11.8 Å². The van der Waals surface area contributed by atoms with Crippen molar-refractivity contribution in [1.82, 2.24) is 0 Å². The number of nitrogens with zero attached hydrogens (tertiary/aromatic N) is 3. The minimum absolute atomic E-state index is 0.291. The van der Waals surface area contributed by atoms with E-state index in [0.717, 1.165) is 16.0 Å². The molecule has 0 bridgehead atoms. The molecular weight excluding hydrogens is 378 g/mol. The molecule has 2 aromatic rings. The lowest BCUT2D eigenvalue weighted by atomic mass is 9.97. The molecule has 3 unspecified atom stereocenters. The van der Waals surface area contributed by atoms with Gasteiger partial charge in [0, 0.05) is 15.4 Å². The summed E-state index contributed by atoms with van der Waals surface area (Å²) >= 11 is 1.40. The van der Waals surface area contributed by atoms with Crippen LogP contribution in [0, 0.1) is 6.92 Å². The normalized spacial score (nSPS) is 32.2. The van der Waals surface area contributed by atoms with Gasteiger partial charge in [-0.3, -0.25) is 0 Å². The summed E-state index contributed by atoms with van der Waals surface area (Å²) in [5, 5.41) is 14.7. The van der Waals surface area contributed by atoms with Crippen molar-refractivity contribution >= 4 is 11.8 Å². The van der Waals surface area contributed by atoms with E-state index in [1.54, 1.807) is 0 Å². The van der Waals surface area contributed by atoms with Crippen LogP contribution in [-0.2, 0) is 14.2 Å². The third kappa shape index (κ3) is 4.03. The molecule has 2 saturated heterocycles. The molecule has 0 radical (unpaired) electrons. The van der Waals surface area contributed by atoms with Gasteiger partial charge in [0.25, 0.3) is 0 Å². The Labute approximate surface area is 167 Å². The van der Waals surface area contributed by atoms with Crippen molar-refractivity contribution in [3.63, 3.8) is 0 Å². The second kappa shape index (κ2) is 8.53. The average molecular weight is 399 g/mol. The molecule has 1 N–H and O–H groups in total. The second-order valence-corrected chi connectivity index (χ2v) is 8.01.